The van der Waals surface area contributed by atoms with Gasteiger partial charge in [-0.25, -0.2) is 4.79 Å². The van der Waals surface area contributed by atoms with Gasteiger partial charge in [0.05, 0.1) is 6.54 Å². The third-order valence-corrected chi connectivity index (χ3v) is 7.18. The van der Waals surface area contributed by atoms with Gasteiger partial charge < -0.3 is 19.4 Å². The number of likely N-dealkylation sites (tertiary alicyclic amines) is 2. The smallest absolute Gasteiger partial charge is 0.410 e. The van der Waals surface area contributed by atoms with Gasteiger partial charge in [0.2, 0.25) is 0 Å². The van der Waals surface area contributed by atoms with E-state index in [0.717, 1.165) is 65.1 Å². The van der Waals surface area contributed by atoms with Gasteiger partial charge in [-0.15, -0.1) is 0 Å². The first kappa shape index (κ1) is 21.6. The largest absolute Gasteiger partial charge is 0.441 e. The molecule has 6 heteroatoms. The van der Waals surface area contributed by atoms with Crippen LogP contribution in [-0.2, 0) is 11.3 Å². The van der Waals surface area contributed by atoms with E-state index in [1.807, 2.05) is 4.90 Å². The molecule has 3 aliphatic heterocycles. The molecular formula is C24H38N4O2. The molecule has 3 fully saturated rings. The van der Waals surface area contributed by atoms with Crippen LogP contribution >= 0.6 is 0 Å². The molecule has 30 heavy (non-hydrogen) atoms. The van der Waals surface area contributed by atoms with E-state index in [4.69, 9.17) is 4.74 Å². The predicted octanol–water partition coefficient (Wildman–Crippen LogP) is 2.81. The van der Waals surface area contributed by atoms with Crippen molar-refractivity contribution in [1.29, 1.82) is 0 Å². The van der Waals surface area contributed by atoms with Gasteiger partial charge in [-0.3, -0.25) is 4.90 Å². The van der Waals surface area contributed by atoms with Gasteiger partial charge in [0, 0.05) is 51.6 Å². The molecule has 0 aliphatic carbocycles. The third-order valence-electron chi connectivity index (χ3n) is 7.18. The van der Waals surface area contributed by atoms with Crippen LogP contribution in [0.25, 0.3) is 0 Å². The van der Waals surface area contributed by atoms with Gasteiger partial charge in [0.25, 0.3) is 0 Å². The number of benzene rings is 1. The minimum Gasteiger partial charge on any atom is -0.441 e. The molecule has 1 aromatic rings. The fourth-order valence-corrected chi connectivity index (χ4v) is 5.23. The molecule has 0 saturated carbocycles. The van der Waals surface area contributed by atoms with Crippen LogP contribution in [-0.4, -0.2) is 97.2 Å². The molecule has 1 atom stereocenters. The first-order valence-corrected chi connectivity index (χ1v) is 11.6. The molecule has 0 bridgehead atoms. The zero-order valence-corrected chi connectivity index (χ0v) is 19.0. The highest BCUT2D eigenvalue weighted by molar-refractivity contribution is 5.70. The van der Waals surface area contributed by atoms with Crippen LogP contribution in [0.5, 0.6) is 0 Å². The zero-order valence-electron chi connectivity index (χ0n) is 19.0. The number of carbonyl (C=O) groups excluding carboxylic acids is 1. The maximum absolute atomic E-state index is 12.5. The monoisotopic (exact) mass is 414 g/mol. The fourth-order valence-electron chi connectivity index (χ4n) is 5.23. The minimum atomic E-state index is -0.260. The number of ether oxygens (including phenoxy) is 1. The maximum atomic E-state index is 12.5. The molecule has 0 radical (unpaired) electrons. The summed E-state index contributed by atoms with van der Waals surface area (Å²) in [5.41, 5.74) is 2.42. The second-order valence-electron chi connectivity index (χ2n) is 9.80. The standard InChI is InChI=1S/C24H38N4O2/c1-20-6-4-7-21(16-20)17-27-14-9-24(10-15-27)19-28(23(29)30-24)12-5-11-26-13-8-22(18-26)25(2)3/h4,6-7,16,22H,5,8-15,17-19H2,1-3H3/t22-/m0/s1. The molecule has 3 aliphatic rings. The van der Waals surface area contributed by atoms with Crippen molar-refractivity contribution in [3.8, 4) is 0 Å². The summed E-state index contributed by atoms with van der Waals surface area (Å²) < 4.78 is 5.93. The summed E-state index contributed by atoms with van der Waals surface area (Å²) >= 11 is 0. The van der Waals surface area contributed by atoms with Crippen molar-refractivity contribution in [3.63, 3.8) is 0 Å². The number of hydrogen-bond acceptors (Lipinski definition) is 5. The molecule has 1 aromatic carbocycles. The quantitative estimate of drug-likeness (QED) is 0.686. The second-order valence-corrected chi connectivity index (χ2v) is 9.80. The first-order valence-electron chi connectivity index (χ1n) is 11.6. The molecule has 3 saturated heterocycles. The molecule has 6 nitrogen and oxygen atoms in total. The fraction of sp³-hybridized carbons (Fsp3) is 0.708. The number of amides is 1. The van der Waals surface area contributed by atoms with Gasteiger partial charge in [-0.2, -0.15) is 0 Å². The van der Waals surface area contributed by atoms with E-state index in [0.29, 0.717) is 6.04 Å². The molecule has 3 heterocycles. The summed E-state index contributed by atoms with van der Waals surface area (Å²) in [4.78, 5) is 21.8. The Kier molecular flexibility index (Phi) is 6.66. The van der Waals surface area contributed by atoms with Crippen molar-refractivity contribution in [1.82, 2.24) is 19.6 Å². The lowest BCUT2D eigenvalue weighted by Gasteiger charge is -2.37. The highest BCUT2D eigenvalue weighted by atomic mass is 16.6. The lowest BCUT2D eigenvalue weighted by atomic mass is 9.91. The molecule has 0 N–H and O–H groups in total. The van der Waals surface area contributed by atoms with Gasteiger partial charge in [0.1, 0.15) is 5.60 Å². The molecular weight excluding hydrogens is 376 g/mol. The van der Waals surface area contributed by atoms with Crippen LogP contribution in [0.15, 0.2) is 24.3 Å². The number of carbonyl (C=O) groups is 1. The molecule has 4 rings (SSSR count). The Bertz CT molecular complexity index is 730. The predicted molar refractivity (Wildman–Crippen MR) is 120 cm³/mol. The number of likely N-dealkylation sites (N-methyl/N-ethyl adjacent to an activating group) is 1. The summed E-state index contributed by atoms with van der Waals surface area (Å²) in [6, 6.07) is 9.43. The summed E-state index contributed by atoms with van der Waals surface area (Å²) in [5, 5.41) is 0. The SMILES string of the molecule is Cc1cccc(CN2CCC3(CC2)CN(CCCN2CC[C@H](N(C)C)C2)C(=O)O3)c1. The Morgan fingerprint density at radius 3 is 2.63 bits per heavy atom. The van der Waals surface area contributed by atoms with E-state index in [9.17, 15) is 4.79 Å². The van der Waals surface area contributed by atoms with Crippen molar-refractivity contribution in [2.45, 2.75) is 50.8 Å². The lowest BCUT2D eigenvalue weighted by molar-refractivity contribution is -0.00124. The Morgan fingerprint density at radius 2 is 1.93 bits per heavy atom. The van der Waals surface area contributed by atoms with E-state index in [-0.39, 0.29) is 11.7 Å². The van der Waals surface area contributed by atoms with E-state index in [1.54, 1.807) is 0 Å². The Morgan fingerprint density at radius 1 is 1.13 bits per heavy atom. The van der Waals surface area contributed by atoms with Gasteiger partial charge in [-0.05, 0) is 52.5 Å². The van der Waals surface area contributed by atoms with Crippen LogP contribution < -0.4 is 0 Å². The van der Waals surface area contributed by atoms with Crippen molar-refractivity contribution < 1.29 is 9.53 Å². The average Bonchev–Trinajstić information content (AvgIpc) is 3.29. The number of aryl methyl sites for hydroxylation is 1. The molecule has 1 amide bonds. The summed E-state index contributed by atoms with van der Waals surface area (Å²) in [5.74, 6) is 0. The molecule has 166 valence electrons. The van der Waals surface area contributed by atoms with E-state index < -0.39 is 0 Å². The summed E-state index contributed by atoms with van der Waals surface area (Å²) in [6.45, 7) is 10.1. The van der Waals surface area contributed by atoms with Crippen molar-refractivity contribution in [3.05, 3.63) is 35.4 Å². The van der Waals surface area contributed by atoms with E-state index >= 15 is 0 Å². The minimum absolute atomic E-state index is 0.102. The highest BCUT2D eigenvalue weighted by Gasteiger charge is 2.46. The second kappa shape index (κ2) is 9.25. The third kappa shape index (κ3) is 5.16. The molecule has 0 unspecified atom stereocenters. The van der Waals surface area contributed by atoms with E-state index in [1.165, 1.54) is 24.1 Å². The normalized spacial score (nSPS) is 24.9. The maximum Gasteiger partial charge on any atom is 0.410 e. The van der Waals surface area contributed by atoms with Crippen molar-refractivity contribution >= 4 is 6.09 Å². The molecule has 0 aromatic heterocycles. The van der Waals surface area contributed by atoms with Crippen molar-refractivity contribution in [2.24, 2.45) is 0 Å². The topological polar surface area (TPSA) is 39.3 Å². The summed E-state index contributed by atoms with van der Waals surface area (Å²) in [6.07, 6.45) is 4.07. The van der Waals surface area contributed by atoms with Crippen LogP contribution in [0.1, 0.15) is 36.8 Å². The van der Waals surface area contributed by atoms with Crippen LogP contribution in [0.2, 0.25) is 0 Å². The lowest BCUT2D eigenvalue weighted by Crippen LogP contribution is -2.46. The Labute approximate surface area is 181 Å². The highest BCUT2D eigenvalue weighted by Crippen LogP contribution is 2.33. The van der Waals surface area contributed by atoms with Crippen LogP contribution in [0, 0.1) is 6.92 Å². The Hall–Kier alpha value is -1.63. The average molecular weight is 415 g/mol. The first-order chi connectivity index (χ1) is 14.4. The molecule has 1 spiro atoms. The van der Waals surface area contributed by atoms with Crippen molar-refractivity contribution in [2.75, 3.05) is 59.9 Å². The van der Waals surface area contributed by atoms with Gasteiger partial charge in [0.15, 0.2) is 0 Å². The number of piperidine rings is 1. The number of nitrogens with zero attached hydrogens (tertiary/aromatic N) is 4. The van der Waals surface area contributed by atoms with E-state index in [2.05, 4.69) is 60.0 Å². The zero-order chi connectivity index (χ0) is 21.1. The summed E-state index contributed by atoms with van der Waals surface area (Å²) in [7, 11) is 4.33. The van der Waals surface area contributed by atoms with Gasteiger partial charge >= 0.3 is 6.09 Å². The number of hydrogen-bond donors (Lipinski definition) is 0. The van der Waals surface area contributed by atoms with Crippen LogP contribution in [0.4, 0.5) is 4.79 Å². The number of rotatable bonds is 7. The Balaban J connectivity index is 1.20. The van der Waals surface area contributed by atoms with Crippen LogP contribution in [0.3, 0.4) is 0 Å². The van der Waals surface area contributed by atoms with Gasteiger partial charge in [-0.1, -0.05) is 29.8 Å².